The Kier molecular flexibility index (Phi) is 7.77. The summed E-state index contributed by atoms with van der Waals surface area (Å²) >= 11 is 0. The monoisotopic (exact) mass is 394 g/mol. The minimum Gasteiger partial charge on any atom is -0.508 e. The van der Waals surface area contributed by atoms with E-state index in [1.807, 2.05) is 0 Å². The van der Waals surface area contributed by atoms with Crippen LogP contribution in [-0.4, -0.2) is 79.9 Å². The first-order valence-corrected chi connectivity index (χ1v) is 9.18. The summed E-state index contributed by atoms with van der Waals surface area (Å²) in [6, 6.07) is 5.91. The van der Waals surface area contributed by atoms with E-state index < -0.39 is 37.0 Å². The summed E-state index contributed by atoms with van der Waals surface area (Å²) in [4.78, 5) is 37.0. The molecule has 1 aromatic carbocycles. The third kappa shape index (κ3) is 6.21. The number of phenolic OH excluding ortho intramolecular Hbond substituents is 1. The third-order valence-corrected chi connectivity index (χ3v) is 5.01. The maximum atomic E-state index is 11.5. The lowest BCUT2D eigenvalue weighted by Gasteiger charge is -2.44. The first-order chi connectivity index (χ1) is 13.3. The molecule has 0 aromatic heterocycles. The zero-order chi connectivity index (χ0) is 20.7. The van der Waals surface area contributed by atoms with Gasteiger partial charge in [0.25, 0.3) is 0 Å². The zero-order valence-electron chi connectivity index (χ0n) is 15.5. The average molecular weight is 394 g/mol. The zero-order valence-corrected chi connectivity index (χ0v) is 15.5. The van der Waals surface area contributed by atoms with Gasteiger partial charge >= 0.3 is 17.9 Å². The molecule has 0 amide bonds. The van der Waals surface area contributed by atoms with E-state index in [4.69, 9.17) is 0 Å². The fourth-order valence-corrected chi connectivity index (χ4v) is 3.91. The van der Waals surface area contributed by atoms with E-state index >= 15 is 0 Å². The summed E-state index contributed by atoms with van der Waals surface area (Å²) < 4.78 is 0. The van der Waals surface area contributed by atoms with Crippen LogP contribution in [-0.2, 0) is 20.9 Å². The first kappa shape index (κ1) is 21.6. The number of benzene rings is 1. The van der Waals surface area contributed by atoms with Gasteiger partial charge in [-0.3, -0.25) is 24.2 Å². The van der Waals surface area contributed by atoms with Crippen molar-refractivity contribution >= 4 is 17.9 Å². The van der Waals surface area contributed by atoms with Crippen LogP contribution in [0, 0.1) is 0 Å². The highest BCUT2D eigenvalue weighted by Crippen LogP contribution is 2.29. The van der Waals surface area contributed by atoms with E-state index in [9.17, 15) is 34.8 Å². The molecule has 0 spiro atoms. The van der Waals surface area contributed by atoms with Gasteiger partial charge in [0.05, 0.1) is 19.6 Å². The van der Waals surface area contributed by atoms with Crippen LogP contribution < -0.4 is 0 Å². The quantitative estimate of drug-likeness (QED) is 0.459. The Morgan fingerprint density at radius 3 is 1.79 bits per heavy atom. The smallest absolute Gasteiger partial charge is 0.317 e. The maximum absolute atomic E-state index is 11.5. The van der Waals surface area contributed by atoms with E-state index in [1.54, 1.807) is 23.1 Å². The Bertz CT molecular complexity index is 693. The third-order valence-electron chi connectivity index (χ3n) is 5.01. The van der Waals surface area contributed by atoms with Crippen molar-refractivity contribution < 1.29 is 34.8 Å². The van der Waals surface area contributed by atoms with Crippen LogP contribution in [0.3, 0.4) is 0 Å². The van der Waals surface area contributed by atoms with E-state index in [0.717, 1.165) is 12.8 Å². The normalized spacial score (nSPS) is 19.6. The molecule has 0 saturated heterocycles. The molecular formula is C19H26N2O7. The number of hydrogen-bond donors (Lipinski definition) is 4. The first-order valence-electron chi connectivity index (χ1n) is 9.18. The second kappa shape index (κ2) is 10.0. The summed E-state index contributed by atoms with van der Waals surface area (Å²) in [5.41, 5.74) is 0.566. The molecule has 0 aliphatic heterocycles. The molecule has 2 rings (SSSR count). The molecule has 28 heavy (non-hydrogen) atoms. The molecule has 9 heteroatoms. The van der Waals surface area contributed by atoms with E-state index in [2.05, 4.69) is 0 Å². The van der Waals surface area contributed by atoms with E-state index in [1.165, 1.54) is 11.0 Å². The highest BCUT2D eigenvalue weighted by Gasteiger charge is 2.36. The lowest BCUT2D eigenvalue weighted by atomic mass is 9.87. The predicted octanol–water partition coefficient (Wildman–Crippen LogP) is 1.06. The summed E-state index contributed by atoms with van der Waals surface area (Å²) in [6.07, 6.45) is 2.86. The van der Waals surface area contributed by atoms with Gasteiger partial charge in [-0.2, -0.15) is 0 Å². The van der Waals surface area contributed by atoms with Crippen LogP contribution in [0.25, 0.3) is 0 Å². The van der Waals surface area contributed by atoms with Crippen molar-refractivity contribution in [2.24, 2.45) is 0 Å². The number of carboxylic acids is 3. The number of phenols is 1. The van der Waals surface area contributed by atoms with Crippen LogP contribution in [0.1, 0.15) is 31.2 Å². The van der Waals surface area contributed by atoms with Gasteiger partial charge in [-0.25, -0.2) is 0 Å². The minimum atomic E-state index is -1.13. The predicted molar refractivity (Wildman–Crippen MR) is 99.0 cm³/mol. The molecule has 4 N–H and O–H groups in total. The summed E-state index contributed by atoms with van der Waals surface area (Å²) in [5, 5.41) is 37.8. The van der Waals surface area contributed by atoms with Crippen molar-refractivity contribution in [2.75, 3.05) is 19.6 Å². The molecule has 1 saturated carbocycles. The molecule has 0 radical (unpaired) electrons. The molecule has 1 fully saturated rings. The molecule has 1 aromatic rings. The van der Waals surface area contributed by atoms with Crippen LogP contribution >= 0.6 is 0 Å². The van der Waals surface area contributed by atoms with Gasteiger partial charge < -0.3 is 20.4 Å². The van der Waals surface area contributed by atoms with Crippen LogP contribution in [0.4, 0.5) is 0 Å². The van der Waals surface area contributed by atoms with E-state index in [0.29, 0.717) is 18.4 Å². The molecule has 1 aliphatic carbocycles. The van der Waals surface area contributed by atoms with Crippen molar-refractivity contribution in [3.63, 3.8) is 0 Å². The SMILES string of the molecule is O=C(O)CN(CC(=O)O)[C@@H]1CCCC[C@H]1N(CC(=O)O)Cc1ccccc1O. The van der Waals surface area contributed by atoms with Crippen molar-refractivity contribution in [3.8, 4) is 5.75 Å². The highest BCUT2D eigenvalue weighted by atomic mass is 16.4. The molecule has 0 heterocycles. The average Bonchev–Trinajstić information content (AvgIpc) is 2.61. The lowest BCUT2D eigenvalue weighted by molar-refractivity contribution is -0.146. The number of hydrogen-bond acceptors (Lipinski definition) is 6. The second-order valence-corrected chi connectivity index (χ2v) is 7.04. The van der Waals surface area contributed by atoms with Crippen molar-refractivity contribution in [1.29, 1.82) is 0 Å². The fraction of sp³-hybridized carbons (Fsp3) is 0.526. The number of carboxylic acid groups (broad SMARTS) is 3. The Morgan fingerprint density at radius 1 is 0.821 bits per heavy atom. The van der Waals surface area contributed by atoms with Gasteiger partial charge in [0.2, 0.25) is 0 Å². The number of aromatic hydroxyl groups is 1. The molecule has 0 unspecified atom stereocenters. The summed E-state index contributed by atoms with van der Waals surface area (Å²) in [7, 11) is 0. The van der Waals surface area contributed by atoms with Crippen molar-refractivity contribution in [2.45, 2.75) is 44.3 Å². The molecule has 9 nitrogen and oxygen atoms in total. The van der Waals surface area contributed by atoms with Gasteiger partial charge in [0.15, 0.2) is 0 Å². The molecule has 2 atom stereocenters. The fourth-order valence-electron chi connectivity index (χ4n) is 3.91. The number of nitrogens with zero attached hydrogens (tertiary/aromatic N) is 2. The topological polar surface area (TPSA) is 139 Å². The Hall–Kier alpha value is -2.65. The lowest BCUT2D eigenvalue weighted by Crippen LogP contribution is -2.56. The number of para-hydroxylation sites is 1. The maximum Gasteiger partial charge on any atom is 0.317 e. The van der Waals surface area contributed by atoms with E-state index in [-0.39, 0.29) is 24.9 Å². The van der Waals surface area contributed by atoms with Crippen molar-refractivity contribution in [3.05, 3.63) is 29.8 Å². The van der Waals surface area contributed by atoms with Gasteiger partial charge in [-0.05, 0) is 18.9 Å². The summed E-state index contributed by atoms with van der Waals surface area (Å²) in [5.74, 6) is -3.24. The van der Waals surface area contributed by atoms with Crippen LogP contribution in [0.15, 0.2) is 24.3 Å². The number of aliphatic carboxylic acids is 3. The van der Waals surface area contributed by atoms with Crippen LogP contribution in [0.5, 0.6) is 5.75 Å². The largest absolute Gasteiger partial charge is 0.508 e. The highest BCUT2D eigenvalue weighted by molar-refractivity contribution is 5.72. The van der Waals surface area contributed by atoms with Crippen LogP contribution in [0.2, 0.25) is 0 Å². The Balaban J connectivity index is 2.30. The standard InChI is InChI=1S/C19H26N2O7/c22-16-8-4-1-5-13(16)9-20(10-17(23)24)14-6-2-3-7-15(14)21(11-18(25)26)12-19(27)28/h1,4-5,8,14-15,22H,2-3,6-7,9-12H2,(H,23,24)(H,25,26)(H,27,28)/t14-,15-/m1/s1. The van der Waals surface area contributed by atoms with Crippen molar-refractivity contribution in [1.82, 2.24) is 9.80 Å². The number of rotatable bonds is 10. The molecule has 154 valence electrons. The second-order valence-electron chi connectivity index (χ2n) is 7.04. The van der Waals surface area contributed by atoms with Gasteiger partial charge in [0, 0.05) is 24.2 Å². The Labute approximate surface area is 162 Å². The molecule has 0 bridgehead atoms. The number of carbonyl (C=O) groups is 3. The van der Waals surface area contributed by atoms with Gasteiger partial charge in [-0.1, -0.05) is 31.0 Å². The van der Waals surface area contributed by atoms with Gasteiger partial charge in [-0.15, -0.1) is 0 Å². The summed E-state index contributed by atoms with van der Waals surface area (Å²) in [6.45, 7) is -0.965. The molecule has 1 aliphatic rings. The van der Waals surface area contributed by atoms with Gasteiger partial charge in [0.1, 0.15) is 5.75 Å². The molecular weight excluding hydrogens is 368 g/mol. The Morgan fingerprint density at radius 2 is 1.29 bits per heavy atom. The minimum absolute atomic E-state index is 0.0539.